The van der Waals surface area contributed by atoms with E-state index in [4.69, 9.17) is 10.5 Å². The summed E-state index contributed by atoms with van der Waals surface area (Å²) in [4.78, 5) is 39.1. The van der Waals surface area contributed by atoms with Crippen LogP contribution in [-0.2, 0) is 19.1 Å². The molecule has 1 saturated heterocycles. The Bertz CT molecular complexity index is 494. The molecule has 8 nitrogen and oxygen atoms in total. The maximum absolute atomic E-state index is 12.6. The van der Waals surface area contributed by atoms with Gasteiger partial charge in [0.1, 0.15) is 6.04 Å². The van der Waals surface area contributed by atoms with Crippen LogP contribution in [0.3, 0.4) is 0 Å². The summed E-state index contributed by atoms with van der Waals surface area (Å²) in [5.74, 6) is 0.143. The van der Waals surface area contributed by atoms with Crippen molar-refractivity contribution in [1.82, 2.24) is 15.1 Å². The van der Waals surface area contributed by atoms with Crippen molar-refractivity contribution < 1.29 is 19.1 Å². The number of hydrogen-bond acceptors (Lipinski definition) is 6. The molecule has 1 aliphatic carbocycles. The fraction of sp³-hybridized carbons (Fsp3) is 0.842. The van der Waals surface area contributed by atoms with E-state index in [2.05, 4.69) is 10.2 Å². The minimum Gasteiger partial charge on any atom is -0.468 e. The summed E-state index contributed by atoms with van der Waals surface area (Å²) in [7, 11) is 0. The van der Waals surface area contributed by atoms with Gasteiger partial charge >= 0.3 is 0 Å². The zero-order chi connectivity index (χ0) is 19.6. The Morgan fingerprint density at radius 3 is 2.56 bits per heavy atom. The smallest absolute Gasteiger partial charge is 0.293 e. The number of nitrogens with one attached hydrogen (secondary N) is 1. The molecule has 1 aliphatic heterocycles. The van der Waals surface area contributed by atoms with Crippen molar-refractivity contribution >= 4 is 18.3 Å². The van der Waals surface area contributed by atoms with Crippen LogP contribution in [-0.4, -0.2) is 79.5 Å². The molecule has 1 saturated carbocycles. The first-order valence-corrected chi connectivity index (χ1v) is 10.1. The second kappa shape index (κ2) is 11.2. The Morgan fingerprint density at radius 2 is 1.89 bits per heavy atom. The Labute approximate surface area is 161 Å². The normalized spacial score (nSPS) is 25.3. The molecule has 0 aromatic heterocycles. The van der Waals surface area contributed by atoms with Gasteiger partial charge in [0.05, 0.1) is 6.61 Å². The highest BCUT2D eigenvalue weighted by atomic mass is 16.5. The van der Waals surface area contributed by atoms with Crippen molar-refractivity contribution in [2.24, 2.45) is 11.7 Å². The molecule has 2 aliphatic rings. The molecule has 0 aromatic carbocycles. The number of carbonyl (C=O) groups is 3. The van der Waals surface area contributed by atoms with Gasteiger partial charge in [-0.1, -0.05) is 19.3 Å². The molecule has 8 heteroatoms. The van der Waals surface area contributed by atoms with Gasteiger partial charge in [0, 0.05) is 51.1 Å². The van der Waals surface area contributed by atoms with Crippen molar-refractivity contribution in [2.45, 2.75) is 57.5 Å². The highest BCUT2D eigenvalue weighted by Gasteiger charge is 2.33. The van der Waals surface area contributed by atoms with Crippen molar-refractivity contribution in [3.8, 4) is 0 Å². The Balaban J connectivity index is 1.86. The van der Waals surface area contributed by atoms with E-state index in [0.717, 1.165) is 25.9 Å². The highest BCUT2D eigenvalue weighted by Crippen LogP contribution is 2.28. The second-order valence-electron chi connectivity index (χ2n) is 7.58. The van der Waals surface area contributed by atoms with E-state index in [1.54, 1.807) is 6.92 Å². The maximum atomic E-state index is 12.6. The van der Waals surface area contributed by atoms with Crippen LogP contribution in [0.2, 0.25) is 0 Å². The zero-order valence-corrected chi connectivity index (χ0v) is 16.4. The fourth-order valence-electron chi connectivity index (χ4n) is 4.26. The molecule has 0 aromatic rings. The number of nitrogens with two attached hydrogens (primary N) is 1. The third-order valence-electron chi connectivity index (χ3n) is 5.71. The number of rotatable bonds is 8. The molecule has 1 heterocycles. The summed E-state index contributed by atoms with van der Waals surface area (Å²) in [5.41, 5.74) is 5.37. The summed E-state index contributed by atoms with van der Waals surface area (Å²) in [6.07, 6.45) is 6.05. The zero-order valence-electron chi connectivity index (χ0n) is 16.4. The van der Waals surface area contributed by atoms with Crippen LogP contribution in [0.15, 0.2) is 0 Å². The quantitative estimate of drug-likeness (QED) is 0.456. The van der Waals surface area contributed by atoms with Crippen molar-refractivity contribution in [3.05, 3.63) is 0 Å². The number of carbonyl (C=O) groups excluding carboxylic acids is 3. The van der Waals surface area contributed by atoms with Crippen molar-refractivity contribution in [1.29, 1.82) is 0 Å². The average molecular weight is 383 g/mol. The van der Waals surface area contributed by atoms with E-state index in [0.29, 0.717) is 38.1 Å². The van der Waals surface area contributed by atoms with Crippen LogP contribution in [0, 0.1) is 5.92 Å². The van der Waals surface area contributed by atoms with Gasteiger partial charge in [-0.05, 0) is 19.8 Å². The van der Waals surface area contributed by atoms with E-state index in [9.17, 15) is 14.4 Å². The lowest BCUT2D eigenvalue weighted by Crippen LogP contribution is -2.57. The maximum Gasteiger partial charge on any atom is 0.293 e. The monoisotopic (exact) mass is 382 g/mol. The SMILES string of the molecule is CC(NC(=O)CCN)C(=O)N1CCN(C2CCCCCC2COC=O)CC1. The number of hydrogen-bond donors (Lipinski definition) is 2. The molecular formula is C19H34N4O4. The van der Waals surface area contributed by atoms with Gasteiger partial charge in [0.15, 0.2) is 0 Å². The van der Waals surface area contributed by atoms with Crippen LogP contribution >= 0.6 is 0 Å². The van der Waals surface area contributed by atoms with Crippen LogP contribution in [0.25, 0.3) is 0 Å². The summed E-state index contributed by atoms with van der Waals surface area (Å²) in [6.45, 7) is 5.98. The molecule has 154 valence electrons. The summed E-state index contributed by atoms with van der Waals surface area (Å²) in [5, 5.41) is 2.72. The molecule has 3 N–H and O–H groups in total. The number of amides is 2. The molecule has 2 fully saturated rings. The van der Waals surface area contributed by atoms with E-state index in [-0.39, 0.29) is 24.8 Å². The van der Waals surface area contributed by atoms with Crippen LogP contribution in [0.1, 0.15) is 45.4 Å². The van der Waals surface area contributed by atoms with E-state index < -0.39 is 6.04 Å². The highest BCUT2D eigenvalue weighted by molar-refractivity contribution is 5.87. The van der Waals surface area contributed by atoms with E-state index in [1.807, 2.05) is 4.90 Å². The molecule has 27 heavy (non-hydrogen) atoms. The van der Waals surface area contributed by atoms with Crippen LogP contribution in [0.4, 0.5) is 0 Å². The first kappa shape index (κ1) is 21.6. The molecular weight excluding hydrogens is 348 g/mol. The number of nitrogens with zero attached hydrogens (tertiary/aromatic N) is 2. The minimum absolute atomic E-state index is 0.0401. The number of piperazine rings is 1. The predicted molar refractivity (Wildman–Crippen MR) is 102 cm³/mol. The minimum atomic E-state index is -0.526. The molecule has 0 spiro atoms. The van der Waals surface area contributed by atoms with Gasteiger partial charge in [0.25, 0.3) is 6.47 Å². The largest absolute Gasteiger partial charge is 0.468 e. The number of ether oxygens (including phenoxy) is 1. The predicted octanol–water partition coefficient (Wildman–Crippen LogP) is 0.106. The molecule has 2 amide bonds. The molecule has 0 bridgehead atoms. The van der Waals surface area contributed by atoms with Gasteiger partial charge in [-0.15, -0.1) is 0 Å². The molecule has 3 unspecified atom stereocenters. The summed E-state index contributed by atoms with van der Waals surface area (Å²) >= 11 is 0. The third-order valence-corrected chi connectivity index (χ3v) is 5.71. The average Bonchev–Trinajstić information content (AvgIpc) is 2.91. The topological polar surface area (TPSA) is 105 Å². The lowest BCUT2D eigenvalue weighted by atomic mass is 9.93. The van der Waals surface area contributed by atoms with E-state index in [1.165, 1.54) is 19.3 Å². The first-order valence-electron chi connectivity index (χ1n) is 10.1. The van der Waals surface area contributed by atoms with Gasteiger partial charge < -0.3 is 20.7 Å². The molecule has 0 radical (unpaired) electrons. The molecule has 2 rings (SSSR count). The lowest BCUT2D eigenvalue weighted by molar-refractivity contribution is -0.138. The fourth-order valence-corrected chi connectivity index (χ4v) is 4.26. The first-order chi connectivity index (χ1) is 13.1. The van der Waals surface area contributed by atoms with Gasteiger partial charge in [0.2, 0.25) is 11.8 Å². The third kappa shape index (κ3) is 6.46. The standard InChI is InChI=1S/C19H34N4O4/c1-15(21-18(25)7-8-20)19(26)23-11-9-22(10-12-23)17-6-4-2-3-5-16(17)13-27-14-24/h14-17H,2-13,20H2,1H3,(H,21,25). The van der Waals surface area contributed by atoms with E-state index >= 15 is 0 Å². The molecule has 3 atom stereocenters. The Hall–Kier alpha value is -1.67. The lowest BCUT2D eigenvalue weighted by Gasteiger charge is -2.42. The van der Waals surface area contributed by atoms with Gasteiger partial charge in [-0.2, -0.15) is 0 Å². The Morgan fingerprint density at radius 1 is 1.19 bits per heavy atom. The summed E-state index contributed by atoms with van der Waals surface area (Å²) in [6, 6.07) is -0.117. The van der Waals surface area contributed by atoms with Gasteiger partial charge in [-0.25, -0.2) is 0 Å². The Kier molecular flexibility index (Phi) is 9.00. The second-order valence-corrected chi connectivity index (χ2v) is 7.58. The summed E-state index contributed by atoms with van der Waals surface area (Å²) < 4.78 is 5.08. The van der Waals surface area contributed by atoms with Crippen molar-refractivity contribution in [3.63, 3.8) is 0 Å². The van der Waals surface area contributed by atoms with Crippen LogP contribution in [0.5, 0.6) is 0 Å². The van der Waals surface area contributed by atoms with Crippen LogP contribution < -0.4 is 11.1 Å². The van der Waals surface area contributed by atoms with Gasteiger partial charge in [-0.3, -0.25) is 19.3 Å². The van der Waals surface area contributed by atoms with Crippen molar-refractivity contribution in [2.75, 3.05) is 39.3 Å².